The highest BCUT2D eigenvalue weighted by Gasteiger charge is 2.34. The first-order chi connectivity index (χ1) is 11.3. The molecule has 2 aromatic rings. The maximum Gasteiger partial charge on any atom is 0.417 e. The smallest absolute Gasteiger partial charge is 0.417 e. The summed E-state index contributed by atoms with van der Waals surface area (Å²) in [5, 5.41) is 0. The van der Waals surface area contributed by atoms with Gasteiger partial charge in [0.15, 0.2) is 0 Å². The molecule has 3 rings (SSSR count). The van der Waals surface area contributed by atoms with E-state index in [2.05, 4.69) is 20.9 Å². The number of halogens is 4. The van der Waals surface area contributed by atoms with Crippen LogP contribution in [0.5, 0.6) is 5.88 Å². The zero-order chi connectivity index (χ0) is 17.3. The van der Waals surface area contributed by atoms with Gasteiger partial charge in [-0.2, -0.15) is 13.2 Å². The molecular formula is C16H12BrF3N2O2. The molecule has 0 aliphatic carbocycles. The lowest BCUT2D eigenvalue weighted by molar-refractivity contribution is -0.137. The molecule has 1 saturated heterocycles. The predicted octanol–water partition coefficient (Wildman–Crippen LogP) is 3.77. The largest absolute Gasteiger partial charge is 0.471 e. The Labute approximate surface area is 144 Å². The molecule has 0 N–H and O–H groups in total. The highest BCUT2D eigenvalue weighted by atomic mass is 79.9. The first kappa shape index (κ1) is 16.8. The molecule has 0 unspecified atom stereocenters. The van der Waals surface area contributed by atoms with Crippen LogP contribution >= 0.6 is 15.9 Å². The Bertz CT molecular complexity index is 726. The standard InChI is InChI=1S/C16H12BrF3N2O2/c17-12-4-1-10(2-5-12)15(23)22-8-13(9-22)24-14-6-3-11(7-21-14)16(18,19)20/h1-7,13H,8-9H2. The quantitative estimate of drug-likeness (QED) is 0.787. The number of amides is 1. The van der Waals surface area contributed by atoms with E-state index in [0.717, 1.165) is 16.7 Å². The fourth-order valence-electron chi connectivity index (χ4n) is 2.24. The Hall–Kier alpha value is -2.09. The minimum absolute atomic E-state index is 0.109. The summed E-state index contributed by atoms with van der Waals surface area (Å²) in [5.41, 5.74) is -0.250. The van der Waals surface area contributed by atoms with Gasteiger partial charge in [-0.3, -0.25) is 4.79 Å². The first-order valence-corrected chi connectivity index (χ1v) is 7.87. The Balaban J connectivity index is 1.53. The van der Waals surface area contributed by atoms with E-state index >= 15 is 0 Å². The molecule has 126 valence electrons. The number of nitrogens with zero attached hydrogens (tertiary/aromatic N) is 2. The number of pyridine rings is 1. The number of rotatable bonds is 3. The molecule has 24 heavy (non-hydrogen) atoms. The van der Waals surface area contributed by atoms with Gasteiger partial charge < -0.3 is 9.64 Å². The Morgan fingerprint density at radius 1 is 1.17 bits per heavy atom. The van der Waals surface area contributed by atoms with E-state index in [1.807, 2.05) is 0 Å². The summed E-state index contributed by atoms with van der Waals surface area (Å²) >= 11 is 3.30. The summed E-state index contributed by atoms with van der Waals surface area (Å²) in [6, 6.07) is 9.12. The van der Waals surface area contributed by atoms with Crippen molar-refractivity contribution >= 4 is 21.8 Å². The fraction of sp³-hybridized carbons (Fsp3) is 0.250. The van der Waals surface area contributed by atoms with Crippen LogP contribution in [-0.2, 0) is 6.18 Å². The van der Waals surface area contributed by atoms with E-state index in [-0.39, 0.29) is 17.9 Å². The van der Waals surface area contributed by atoms with Crippen molar-refractivity contribution in [3.05, 3.63) is 58.2 Å². The van der Waals surface area contributed by atoms with Gasteiger partial charge in [-0.25, -0.2) is 4.98 Å². The molecule has 1 aliphatic rings. The normalized spacial score (nSPS) is 15.1. The van der Waals surface area contributed by atoms with Crippen molar-refractivity contribution in [2.75, 3.05) is 13.1 Å². The second kappa shape index (κ2) is 6.43. The summed E-state index contributed by atoms with van der Waals surface area (Å²) < 4.78 is 43.7. The van der Waals surface area contributed by atoms with Crippen LogP contribution in [0, 0.1) is 0 Å². The van der Waals surface area contributed by atoms with Crippen LogP contribution in [-0.4, -0.2) is 35.0 Å². The Morgan fingerprint density at radius 2 is 1.83 bits per heavy atom. The lowest BCUT2D eigenvalue weighted by Crippen LogP contribution is -2.56. The molecule has 1 aliphatic heterocycles. The van der Waals surface area contributed by atoms with Gasteiger partial charge >= 0.3 is 6.18 Å². The summed E-state index contributed by atoms with van der Waals surface area (Å²) in [7, 11) is 0. The zero-order valence-electron chi connectivity index (χ0n) is 12.3. The lowest BCUT2D eigenvalue weighted by atomic mass is 10.1. The molecule has 0 radical (unpaired) electrons. The highest BCUT2D eigenvalue weighted by molar-refractivity contribution is 9.10. The van der Waals surface area contributed by atoms with Crippen molar-refractivity contribution in [2.45, 2.75) is 12.3 Å². The fourth-order valence-corrected chi connectivity index (χ4v) is 2.51. The maximum absolute atomic E-state index is 12.5. The topological polar surface area (TPSA) is 42.4 Å². The third-order valence-corrected chi connectivity index (χ3v) is 4.11. The van der Waals surface area contributed by atoms with E-state index in [4.69, 9.17) is 4.74 Å². The molecular weight excluding hydrogens is 389 g/mol. The van der Waals surface area contributed by atoms with Crippen molar-refractivity contribution in [1.82, 2.24) is 9.88 Å². The van der Waals surface area contributed by atoms with E-state index in [9.17, 15) is 18.0 Å². The number of carbonyl (C=O) groups is 1. The van der Waals surface area contributed by atoms with Gasteiger partial charge in [0.25, 0.3) is 5.91 Å². The van der Waals surface area contributed by atoms with Gasteiger partial charge in [0.2, 0.25) is 5.88 Å². The molecule has 4 nitrogen and oxygen atoms in total. The highest BCUT2D eigenvalue weighted by Crippen LogP contribution is 2.29. The molecule has 1 aromatic carbocycles. The second-order valence-electron chi connectivity index (χ2n) is 5.34. The molecule has 0 bridgehead atoms. The number of alkyl halides is 3. The van der Waals surface area contributed by atoms with E-state index in [0.29, 0.717) is 18.7 Å². The number of carbonyl (C=O) groups excluding carboxylic acids is 1. The number of hydrogen-bond acceptors (Lipinski definition) is 3. The van der Waals surface area contributed by atoms with Crippen LogP contribution in [0.3, 0.4) is 0 Å². The lowest BCUT2D eigenvalue weighted by Gasteiger charge is -2.38. The van der Waals surface area contributed by atoms with Crippen molar-refractivity contribution in [3.8, 4) is 5.88 Å². The molecule has 0 saturated carbocycles. The number of likely N-dealkylation sites (tertiary alicyclic amines) is 1. The third-order valence-electron chi connectivity index (χ3n) is 3.58. The molecule has 2 heterocycles. The predicted molar refractivity (Wildman–Crippen MR) is 83.7 cm³/mol. The van der Waals surface area contributed by atoms with Gasteiger partial charge in [-0.05, 0) is 30.3 Å². The average Bonchev–Trinajstić information content (AvgIpc) is 2.50. The van der Waals surface area contributed by atoms with Gasteiger partial charge in [-0.15, -0.1) is 0 Å². The van der Waals surface area contributed by atoms with Crippen molar-refractivity contribution in [1.29, 1.82) is 0 Å². The van der Waals surface area contributed by atoms with Crippen LogP contribution in [0.2, 0.25) is 0 Å². The molecule has 0 spiro atoms. The molecule has 1 aromatic heterocycles. The zero-order valence-corrected chi connectivity index (χ0v) is 13.8. The van der Waals surface area contributed by atoms with Crippen LogP contribution in [0.4, 0.5) is 13.2 Å². The molecule has 1 fully saturated rings. The summed E-state index contributed by atoms with van der Waals surface area (Å²) in [6.07, 6.45) is -3.96. The van der Waals surface area contributed by atoms with Gasteiger partial charge in [0.05, 0.1) is 18.7 Å². The molecule has 0 atom stereocenters. The minimum Gasteiger partial charge on any atom is -0.471 e. The third kappa shape index (κ3) is 3.69. The number of aromatic nitrogens is 1. The second-order valence-corrected chi connectivity index (χ2v) is 6.26. The average molecular weight is 401 g/mol. The first-order valence-electron chi connectivity index (χ1n) is 7.07. The number of benzene rings is 1. The summed E-state index contributed by atoms with van der Waals surface area (Å²) in [6.45, 7) is 0.745. The van der Waals surface area contributed by atoms with E-state index in [1.165, 1.54) is 6.07 Å². The summed E-state index contributed by atoms with van der Waals surface area (Å²) in [5.74, 6) is 0.00599. The van der Waals surface area contributed by atoms with Gasteiger partial charge in [0.1, 0.15) is 6.10 Å². The van der Waals surface area contributed by atoms with Crippen LogP contribution < -0.4 is 4.74 Å². The number of ether oxygens (including phenoxy) is 1. The monoisotopic (exact) mass is 400 g/mol. The Morgan fingerprint density at radius 3 is 2.38 bits per heavy atom. The Kier molecular flexibility index (Phi) is 4.49. The van der Waals surface area contributed by atoms with Gasteiger partial charge in [-0.1, -0.05) is 15.9 Å². The van der Waals surface area contributed by atoms with Crippen LogP contribution in [0.1, 0.15) is 15.9 Å². The van der Waals surface area contributed by atoms with Gasteiger partial charge in [0, 0.05) is 22.3 Å². The molecule has 1 amide bonds. The van der Waals surface area contributed by atoms with Crippen molar-refractivity contribution in [2.24, 2.45) is 0 Å². The number of hydrogen-bond donors (Lipinski definition) is 0. The van der Waals surface area contributed by atoms with E-state index in [1.54, 1.807) is 29.2 Å². The van der Waals surface area contributed by atoms with E-state index < -0.39 is 11.7 Å². The van der Waals surface area contributed by atoms with Crippen molar-refractivity contribution < 1.29 is 22.7 Å². The summed E-state index contributed by atoms with van der Waals surface area (Å²) in [4.78, 5) is 17.5. The SMILES string of the molecule is O=C(c1ccc(Br)cc1)N1CC(Oc2ccc(C(F)(F)F)cn2)C1. The maximum atomic E-state index is 12.5. The van der Waals surface area contributed by atoms with Crippen molar-refractivity contribution in [3.63, 3.8) is 0 Å². The van der Waals surface area contributed by atoms with Crippen LogP contribution in [0.25, 0.3) is 0 Å². The minimum atomic E-state index is -4.42. The van der Waals surface area contributed by atoms with Crippen LogP contribution in [0.15, 0.2) is 47.1 Å². The molecule has 8 heteroatoms.